The number of pyridine rings is 1. The van der Waals surface area contributed by atoms with Crippen molar-refractivity contribution in [1.29, 1.82) is 0 Å². The maximum Gasteiger partial charge on any atom is 0.340 e. The van der Waals surface area contributed by atoms with Gasteiger partial charge in [-0.05, 0) is 43.3 Å². The summed E-state index contributed by atoms with van der Waals surface area (Å²) < 4.78 is 10.7. The molecule has 2 aromatic carbocycles. The summed E-state index contributed by atoms with van der Waals surface area (Å²) in [6, 6.07) is 16.6. The van der Waals surface area contributed by atoms with Crippen LogP contribution < -0.4 is 15.8 Å². The zero-order valence-electron chi connectivity index (χ0n) is 17.0. The van der Waals surface area contributed by atoms with Gasteiger partial charge in [0, 0.05) is 11.1 Å². The van der Waals surface area contributed by atoms with Gasteiger partial charge in [0.25, 0.3) is 0 Å². The first-order chi connectivity index (χ1) is 15.0. The summed E-state index contributed by atoms with van der Waals surface area (Å²) in [4.78, 5) is 29.5. The van der Waals surface area contributed by atoms with Crippen molar-refractivity contribution < 1.29 is 14.3 Å². The minimum absolute atomic E-state index is 0.0233. The molecule has 9 nitrogen and oxygen atoms in total. The van der Waals surface area contributed by atoms with E-state index >= 15 is 0 Å². The van der Waals surface area contributed by atoms with Crippen LogP contribution in [0.2, 0.25) is 0 Å². The van der Waals surface area contributed by atoms with Crippen LogP contribution in [0.15, 0.2) is 54.6 Å². The molecule has 4 aromatic rings. The number of para-hydroxylation sites is 1. The van der Waals surface area contributed by atoms with Crippen molar-refractivity contribution in [1.82, 2.24) is 19.9 Å². The number of fused-ring (bicyclic) bond motifs is 1. The highest BCUT2D eigenvalue weighted by Gasteiger charge is 2.15. The summed E-state index contributed by atoms with van der Waals surface area (Å²) in [5.74, 6) is 0.658. The lowest BCUT2D eigenvalue weighted by atomic mass is 10.1. The van der Waals surface area contributed by atoms with Gasteiger partial charge in [-0.25, -0.2) is 4.79 Å². The molecule has 0 unspecified atom stereocenters. The molecule has 0 saturated carbocycles. The van der Waals surface area contributed by atoms with E-state index in [4.69, 9.17) is 15.2 Å². The average Bonchev–Trinajstić information content (AvgIpc) is 2.77. The first kappa shape index (κ1) is 20.0. The Labute approximate surface area is 178 Å². The van der Waals surface area contributed by atoms with Crippen LogP contribution >= 0.6 is 0 Å². The van der Waals surface area contributed by atoms with Crippen molar-refractivity contribution in [3.63, 3.8) is 0 Å². The number of hydrogen-bond acceptors (Lipinski definition) is 9. The Morgan fingerprint density at radius 1 is 1.03 bits per heavy atom. The summed E-state index contributed by atoms with van der Waals surface area (Å²) in [6.45, 7) is 1.59. The van der Waals surface area contributed by atoms with Crippen molar-refractivity contribution >= 4 is 34.5 Å². The van der Waals surface area contributed by atoms with Crippen LogP contribution in [0, 0.1) is 6.92 Å². The third-order valence-corrected chi connectivity index (χ3v) is 4.49. The molecule has 0 bridgehead atoms. The molecule has 0 aliphatic rings. The van der Waals surface area contributed by atoms with E-state index in [0.717, 1.165) is 16.6 Å². The molecular weight excluding hydrogens is 396 g/mol. The Morgan fingerprint density at radius 3 is 2.61 bits per heavy atom. The molecule has 3 N–H and O–H groups in total. The van der Waals surface area contributed by atoms with Crippen molar-refractivity contribution in [2.24, 2.45) is 0 Å². The normalized spacial score (nSPS) is 10.6. The van der Waals surface area contributed by atoms with Crippen LogP contribution in [0.25, 0.3) is 10.9 Å². The molecule has 31 heavy (non-hydrogen) atoms. The first-order valence-corrected chi connectivity index (χ1v) is 9.47. The third kappa shape index (κ3) is 4.67. The van der Waals surface area contributed by atoms with Crippen LogP contribution in [0.4, 0.5) is 17.6 Å². The monoisotopic (exact) mass is 416 g/mol. The third-order valence-electron chi connectivity index (χ3n) is 4.49. The van der Waals surface area contributed by atoms with Crippen molar-refractivity contribution in [3.8, 4) is 5.75 Å². The maximum absolute atomic E-state index is 12.7. The number of ether oxygens (including phenoxy) is 2. The largest absolute Gasteiger partial charge is 0.497 e. The van der Waals surface area contributed by atoms with Gasteiger partial charge in [0.15, 0.2) is 12.4 Å². The van der Waals surface area contributed by atoms with Gasteiger partial charge in [-0.3, -0.25) is 4.98 Å². The van der Waals surface area contributed by atoms with Gasteiger partial charge in [-0.2, -0.15) is 15.0 Å². The lowest BCUT2D eigenvalue weighted by molar-refractivity contribution is 0.0461. The molecule has 0 amide bonds. The Bertz CT molecular complexity index is 1250. The van der Waals surface area contributed by atoms with Gasteiger partial charge in [-0.15, -0.1) is 0 Å². The molecule has 2 aromatic heterocycles. The molecule has 0 atom stereocenters. The SMILES string of the molecule is COc1ccc2nc(C)c(C(=O)OCc3nc(N)nc(Nc4ccccc4)n3)cc2c1. The summed E-state index contributed by atoms with van der Waals surface area (Å²) in [7, 11) is 1.58. The number of methoxy groups -OCH3 is 1. The number of rotatable bonds is 6. The quantitative estimate of drug-likeness (QED) is 0.455. The molecule has 2 heterocycles. The Morgan fingerprint density at radius 2 is 1.84 bits per heavy atom. The number of aryl methyl sites for hydroxylation is 1. The number of nitrogens with zero attached hydrogens (tertiary/aromatic N) is 4. The number of nitrogen functional groups attached to an aromatic ring is 1. The first-order valence-electron chi connectivity index (χ1n) is 9.47. The second-order valence-electron chi connectivity index (χ2n) is 6.68. The summed E-state index contributed by atoms with van der Waals surface area (Å²) in [5, 5.41) is 3.81. The van der Waals surface area contributed by atoms with Gasteiger partial charge in [-0.1, -0.05) is 18.2 Å². The van der Waals surface area contributed by atoms with Gasteiger partial charge >= 0.3 is 5.97 Å². The lowest BCUT2D eigenvalue weighted by Crippen LogP contribution is -2.12. The number of esters is 1. The number of carbonyl (C=O) groups is 1. The van der Waals surface area contributed by atoms with E-state index in [-0.39, 0.29) is 24.3 Å². The minimum Gasteiger partial charge on any atom is -0.497 e. The number of anilines is 3. The highest BCUT2D eigenvalue weighted by atomic mass is 16.5. The van der Waals surface area contributed by atoms with Crippen LogP contribution in [0.1, 0.15) is 21.9 Å². The van der Waals surface area contributed by atoms with Crippen molar-refractivity contribution in [2.45, 2.75) is 13.5 Å². The molecule has 9 heteroatoms. The second kappa shape index (κ2) is 8.62. The zero-order chi connectivity index (χ0) is 21.8. The highest BCUT2D eigenvalue weighted by molar-refractivity contribution is 5.95. The molecule has 0 fully saturated rings. The Balaban J connectivity index is 1.51. The standard InChI is InChI=1S/C22H20N6O3/c1-13-17(11-14-10-16(30-2)8-9-18(14)24-13)20(29)31-12-19-26-21(23)28-22(27-19)25-15-6-4-3-5-7-15/h3-11H,12H2,1-2H3,(H3,23,25,26,27,28). The van der Waals surface area contributed by atoms with Crippen LogP contribution in [-0.4, -0.2) is 33.0 Å². The number of nitrogens with two attached hydrogens (primary N) is 1. The molecule has 4 rings (SSSR count). The van der Waals surface area contributed by atoms with Gasteiger partial charge in [0.05, 0.1) is 23.9 Å². The fraction of sp³-hybridized carbons (Fsp3) is 0.136. The predicted molar refractivity (Wildman–Crippen MR) is 116 cm³/mol. The molecule has 0 saturated heterocycles. The Hall–Kier alpha value is -4.27. The number of carbonyl (C=O) groups excluding carboxylic acids is 1. The summed E-state index contributed by atoms with van der Waals surface area (Å²) in [5.41, 5.74) is 8.25. The maximum atomic E-state index is 12.7. The van der Waals surface area contributed by atoms with Crippen molar-refractivity contribution in [2.75, 3.05) is 18.2 Å². The fourth-order valence-corrected chi connectivity index (χ4v) is 3.00. The molecule has 0 aliphatic heterocycles. The number of nitrogens with one attached hydrogen (secondary N) is 1. The smallest absolute Gasteiger partial charge is 0.340 e. The molecular formula is C22H20N6O3. The lowest BCUT2D eigenvalue weighted by Gasteiger charge is -2.10. The van der Waals surface area contributed by atoms with E-state index in [1.54, 1.807) is 20.1 Å². The van der Waals surface area contributed by atoms with Crippen molar-refractivity contribution in [3.05, 3.63) is 71.7 Å². The van der Waals surface area contributed by atoms with Crippen LogP contribution in [0.5, 0.6) is 5.75 Å². The van der Waals surface area contributed by atoms with Crippen LogP contribution in [0.3, 0.4) is 0 Å². The summed E-state index contributed by atoms with van der Waals surface area (Å²) >= 11 is 0. The highest BCUT2D eigenvalue weighted by Crippen LogP contribution is 2.22. The summed E-state index contributed by atoms with van der Waals surface area (Å²) in [6.07, 6.45) is 0. The van der Waals surface area contributed by atoms with Gasteiger partial charge in [0.2, 0.25) is 11.9 Å². The predicted octanol–water partition coefficient (Wildman–Crippen LogP) is 3.42. The zero-order valence-corrected chi connectivity index (χ0v) is 17.0. The van der Waals surface area contributed by atoms with E-state index in [1.165, 1.54) is 0 Å². The average molecular weight is 416 g/mol. The van der Waals surface area contributed by atoms with E-state index in [2.05, 4.69) is 25.3 Å². The van der Waals surface area contributed by atoms with Gasteiger partial charge in [0.1, 0.15) is 5.75 Å². The fourth-order valence-electron chi connectivity index (χ4n) is 3.00. The van der Waals surface area contributed by atoms with E-state index in [9.17, 15) is 4.79 Å². The number of hydrogen-bond donors (Lipinski definition) is 2. The molecule has 156 valence electrons. The number of aromatic nitrogens is 4. The molecule has 0 spiro atoms. The topological polar surface area (TPSA) is 125 Å². The minimum atomic E-state index is -0.536. The molecule has 0 radical (unpaired) electrons. The molecule has 0 aliphatic carbocycles. The number of benzene rings is 2. The van der Waals surface area contributed by atoms with Crippen LogP contribution in [-0.2, 0) is 11.3 Å². The second-order valence-corrected chi connectivity index (χ2v) is 6.68. The van der Waals surface area contributed by atoms with Gasteiger partial charge < -0.3 is 20.5 Å². The van der Waals surface area contributed by atoms with E-state index in [0.29, 0.717) is 17.0 Å². The van der Waals surface area contributed by atoms with E-state index in [1.807, 2.05) is 48.5 Å². The van der Waals surface area contributed by atoms with E-state index < -0.39 is 5.97 Å². The Kier molecular flexibility index (Phi) is 5.57.